The Balaban J connectivity index is 1.53. The van der Waals surface area contributed by atoms with Gasteiger partial charge in [-0.2, -0.15) is 0 Å². The molecular weight excluding hydrogens is 240 g/mol. The van der Waals surface area contributed by atoms with E-state index in [1.807, 2.05) is 18.5 Å². The summed E-state index contributed by atoms with van der Waals surface area (Å²) >= 11 is 0. The van der Waals surface area contributed by atoms with Gasteiger partial charge in [0.15, 0.2) is 0 Å². The van der Waals surface area contributed by atoms with Gasteiger partial charge in [0, 0.05) is 45.6 Å². The smallest absolute Gasteiger partial charge is 0.0832 e. The molecule has 3 heterocycles. The number of methoxy groups -OCH3 is 1. The molecule has 0 unspecified atom stereocenters. The van der Waals surface area contributed by atoms with Crippen LogP contribution in [0.1, 0.15) is 24.8 Å². The number of hydrogen-bond donors (Lipinski definition) is 0. The second-order valence-electron chi connectivity index (χ2n) is 5.69. The standard InChI is InChI=1S/C15H22N2O2/c1-18-14-9-15(19-12-14)4-7-17(8-5-15)11-13-3-2-6-16-10-13/h2-3,6,10,14H,4-5,7-9,11-12H2,1H3/t14-/m0/s1. The zero-order chi connectivity index (χ0) is 13.1. The monoisotopic (exact) mass is 262 g/mol. The number of likely N-dealkylation sites (tertiary alicyclic amines) is 1. The van der Waals surface area contributed by atoms with E-state index in [-0.39, 0.29) is 5.60 Å². The summed E-state index contributed by atoms with van der Waals surface area (Å²) in [6.45, 7) is 3.97. The van der Waals surface area contributed by atoms with E-state index in [0.29, 0.717) is 6.10 Å². The van der Waals surface area contributed by atoms with Crippen molar-refractivity contribution in [1.82, 2.24) is 9.88 Å². The molecule has 0 radical (unpaired) electrons. The first-order valence-corrected chi connectivity index (χ1v) is 7.08. The Kier molecular flexibility index (Phi) is 3.82. The minimum atomic E-state index is 0.0894. The molecule has 1 aromatic rings. The fourth-order valence-electron chi connectivity index (χ4n) is 3.17. The molecule has 19 heavy (non-hydrogen) atoms. The molecule has 0 aliphatic carbocycles. The van der Waals surface area contributed by atoms with E-state index in [0.717, 1.165) is 45.5 Å². The van der Waals surface area contributed by atoms with Crippen molar-refractivity contribution in [2.75, 3.05) is 26.8 Å². The first-order chi connectivity index (χ1) is 9.30. The molecule has 0 aromatic carbocycles. The summed E-state index contributed by atoms with van der Waals surface area (Å²) in [5.74, 6) is 0. The van der Waals surface area contributed by atoms with Crippen molar-refractivity contribution in [2.45, 2.75) is 37.5 Å². The number of hydrogen-bond acceptors (Lipinski definition) is 4. The van der Waals surface area contributed by atoms with Crippen LogP contribution in [0.15, 0.2) is 24.5 Å². The molecule has 2 fully saturated rings. The lowest BCUT2D eigenvalue weighted by Crippen LogP contribution is -2.43. The number of piperidine rings is 1. The maximum atomic E-state index is 6.02. The molecule has 0 N–H and O–H groups in total. The van der Waals surface area contributed by atoms with E-state index in [4.69, 9.17) is 9.47 Å². The Morgan fingerprint density at radius 3 is 2.95 bits per heavy atom. The van der Waals surface area contributed by atoms with Crippen LogP contribution in [0.3, 0.4) is 0 Å². The van der Waals surface area contributed by atoms with Gasteiger partial charge in [0.25, 0.3) is 0 Å². The minimum absolute atomic E-state index is 0.0894. The summed E-state index contributed by atoms with van der Waals surface area (Å²) in [6.07, 6.45) is 7.37. The molecule has 0 amide bonds. The molecule has 2 saturated heterocycles. The third-order valence-corrected chi connectivity index (χ3v) is 4.40. The van der Waals surface area contributed by atoms with Crippen molar-refractivity contribution >= 4 is 0 Å². The third kappa shape index (κ3) is 2.96. The highest BCUT2D eigenvalue weighted by Crippen LogP contribution is 2.36. The second kappa shape index (κ2) is 5.57. The molecule has 0 saturated carbocycles. The van der Waals surface area contributed by atoms with Gasteiger partial charge in [-0.05, 0) is 24.5 Å². The molecule has 4 nitrogen and oxygen atoms in total. The molecule has 1 spiro atoms. The molecule has 1 aromatic heterocycles. The largest absolute Gasteiger partial charge is 0.379 e. The second-order valence-corrected chi connectivity index (χ2v) is 5.69. The summed E-state index contributed by atoms with van der Waals surface area (Å²) in [4.78, 5) is 6.67. The van der Waals surface area contributed by atoms with E-state index in [1.54, 1.807) is 7.11 Å². The first-order valence-electron chi connectivity index (χ1n) is 7.08. The Hall–Kier alpha value is -0.970. The molecule has 3 rings (SSSR count). The van der Waals surface area contributed by atoms with Gasteiger partial charge in [-0.3, -0.25) is 9.88 Å². The number of rotatable bonds is 3. The van der Waals surface area contributed by atoms with Crippen molar-refractivity contribution in [3.63, 3.8) is 0 Å². The summed E-state index contributed by atoms with van der Waals surface area (Å²) < 4.78 is 11.4. The highest BCUT2D eigenvalue weighted by molar-refractivity contribution is 5.08. The summed E-state index contributed by atoms with van der Waals surface area (Å²) in [5.41, 5.74) is 1.38. The van der Waals surface area contributed by atoms with E-state index in [9.17, 15) is 0 Å². The van der Waals surface area contributed by atoms with Crippen molar-refractivity contribution in [3.8, 4) is 0 Å². The molecule has 2 aliphatic rings. The van der Waals surface area contributed by atoms with Crippen LogP contribution in [0.4, 0.5) is 0 Å². The molecule has 4 heteroatoms. The van der Waals surface area contributed by atoms with Gasteiger partial charge < -0.3 is 9.47 Å². The van der Waals surface area contributed by atoms with Crippen molar-refractivity contribution < 1.29 is 9.47 Å². The van der Waals surface area contributed by atoms with Gasteiger partial charge in [-0.15, -0.1) is 0 Å². The highest BCUT2D eigenvalue weighted by atomic mass is 16.6. The number of nitrogens with zero attached hydrogens (tertiary/aromatic N) is 2. The first kappa shape index (κ1) is 13.0. The summed E-state index contributed by atoms with van der Waals surface area (Å²) in [6, 6.07) is 4.15. The fraction of sp³-hybridized carbons (Fsp3) is 0.667. The van der Waals surface area contributed by atoms with Crippen LogP contribution < -0.4 is 0 Å². The third-order valence-electron chi connectivity index (χ3n) is 4.40. The van der Waals surface area contributed by atoms with Crippen LogP contribution in [0.5, 0.6) is 0 Å². The van der Waals surface area contributed by atoms with Crippen LogP contribution in [0.2, 0.25) is 0 Å². The van der Waals surface area contributed by atoms with Gasteiger partial charge in [0.2, 0.25) is 0 Å². The van der Waals surface area contributed by atoms with Crippen LogP contribution in [0.25, 0.3) is 0 Å². The summed E-state index contributed by atoms with van der Waals surface area (Å²) in [7, 11) is 1.78. The molecular formula is C15H22N2O2. The lowest BCUT2D eigenvalue weighted by atomic mass is 9.88. The van der Waals surface area contributed by atoms with Crippen LogP contribution in [0, 0.1) is 0 Å². The quantitative estimate of drug-likeness (QED) is 0.832. The zero-order valence-electron chi connectivity index (χ0n) is 11.5. The predicted molar refractivity (Wildman–Crippen MR) is 72.8 cm³/mol. The van der Waals surface area contributed by atoms with Crippen LogP contribution >= 0.6 is 0 Å². The maximum absolute atomic E-state index is 6.02. The molecule has 1 atom stereocenters. The normalized spacial score (nSPS) is 26.9. The van der Waals surface area contributed by atoms with E-state index in [1.165, 1.54) is 5.56 Å². The summed E-state index contributed by atoms with van der Waals surface area (Å²) in [5, 5.41) is 0. The Morgan fingerprint density at radius 1 is 1.47 bits per heavy atom. The predicted octanol–water partition coefficient (Wildman–Crippen LogP) is 1.85. The van der Waals surface area contributed by atoms with Crippen molar-refractivity contribution in [1.29, 1.82) is 0 Å². The van der Waals surface area contributed by atoms with Gasteiger partial charge in [0.1, 0.15) is 0 Å². The molecule has 0 bridgehead atoms. The maximum Gasteiger partial charge on any atom is 0.0832 e. The fourth-order valence-corrected chi connectivity index (χ4v) is 3.17. The zero-order valence-corrected chi connectivity index (χ0v) is 11.5. The van der Waals surface area contributed by atoms with Crippen LogP contribution in [-0.2, 0) is 16.0 Å². The van der Waals surface area contributed by atoms with Crippen molar-refractivity contribution in [3.05, 3.63) is 30.1 Å². The van der Waals surface area contributed by atoms with Gasteiger partial charge >= 0.3 is 0 Å². The lowest BCUT2D eigenvalue weighted by molar-refractivity contribution is -0.0460. The molecule has 2 aliphatic heterocycles. The SMILES string of the molecule is CO[C@@H]1COC2(CCN(Cc3cccnc3)CC2)C1. The van der Waals surface area contributed by atoms with Crippen molar-refractivity contribution in [2.24, 2.45) is 0 Å². The minimum Gasteiger partial charge on any atom is -0.379 e. The topological polar surface area (TPSA) is 34.6 Å². The Morgan fingerprint density at radius 2 is 2.32 bits per heavy atom. The number of pyridine rings is 1. The molecule has 104 valence electrons. The van der Waals surface area contributed by atoms with E-state index < -0.39 is 0 Å². The number of aromatic nitrogens is 1. The average molecular weight is 262 g/mol. The van der Waals surface area contributed by atoms with Gasteiger partial charge in [-0.25, -0.2) is 0 Å². The Bertz CT molecular complexity index is 402. The van der Waals surface area contributed by atoms with Crippen LogP contribution in [-0.4, -0.2) is 48.4 Å². The van der Waals surface area contributed by atoms with E-state index >= 15 is 0 Å². The lowest BCUT2D eigenvalue weighted by Gasteiger charge is -2.38. The highest BCUT2D eigenvalue weighted by Gasteiger charge is 2.42. The van der Waals surface area contributed by atoms with E-state index in [2.05, 4.69) is 16.0 Å². The number of ether oxygens (including phenoxy) is 2. The Labute approximate surface area is 114 Å². The van der Waals surface area contributed by atoms with Gasteiger partial charge in [0.05, 0.1) is 18.3 Å². The van der Waals surface area contributed by atoms with Gasteiger partial charge in [-0.1, -0.05) is 6.07 Å². The average Bonchev–Trinajstić information content (AvgIpc) is 2.86.